The van der Waals surface area contributed by atoms with Gasteiger partial charge in [-0.15, -0.1) is 0 Å². The van der Waals surface area contributed by atoms with Gasteiger partial charge in [-0.05, 0) is 61.9 Å². The van der Waals surface area contributed by atoms with Crippen molar-refractivity contribution in [1.29, 1.82) is 0 Å². The number of unbranched alkanes of at least 4 members (excludes halogenated alkanes) is 3. The van der Waals surface area contributed by atoms with E-state index in [1.165, 1.54) is 6.66 Å². The van der Waals surface area contributed by atoms with Gasteiger partial charge in [0.15, 0.2) is 0 Å². The van der Waals surface area contributed by atoms with E-state index in [-0.39, 0.29) is 19.8 Å². The van der Waals surface area contributed by atoms with Crippen LogP contribution in [-0.4, -0.2) is 50.0 Å². The lowest BCUT2D eigenvalue weighted by Crippen LogP contribution is -2.25. The predicted molar refractivity (Wildman–Crippen MR) is 121 cm³/mol. The molecule has 0 aliphatic heterocycles. The molecule has 1 aromatic carbocycles. The number of carbonyl (C=O) groups excluding carboxylic acids is 2. The number of hydrogen-bond donors (Lipinski definition) is 2. The first-order valence-corrected chi connectivity index (χ1v) is 12.9. The van der Waals surface area contributed by atoms with Gasteiger partial charge in [-0.3, -0.25) is 4.57 Å². The first-order valence-electron chi connectivity index (χ1n) is 10.9. The van der Waals surface area contributed by atoms with E-state index in [2.05, 4.69) is 5.32 Å². The summed E-state index contributed by atoms with van der Waals surface area (Å²) >= 11 is 0. The zero-order valence-corrected chi connectivity index (χ0v) is 20.4. The van der Waals surface area contributed by atoms with Crippen LogP contribution in [0.25, 0.3) is 0 Å². The number of aryl methyl sites for hydroxylation is 2. The lowest BCUT2D eigenvalue weighted by Gasteiger charge is -2.13. The Morgan fingerprint density at radius 2 is 1.72 bits per heavy atom. The normalized spacial score (nSPS) is 12.8. The van der Waals surface area contributed by atoms with E-state index in [1.807, 2.05) is 32.9 Å². The van der Waals surface area contributed by atoms with Gasteiger partial charge in [0.1, 0.15) is 19.0 Å². The molecule has 0 fully saturated rings. The Morgan fingerprint density at radius 3 is 2.34 bits per heavy atom. The summed E-state index contributed by atoms with van der Waals surface area (Å²) in [6.07, 6.45) is 3.51. The number of ether oxygens (including phenoxy) is 3. The number of alkyl carbamates (subject to hydrolysis) is 1. The fraction of sp³-hybridized carbons (Fsp3) is 0.636. The Bertz CT molecular complexity index is 754. The van der Waals surface area contributed by atoms with Crippen LogP contribution >= 0.6 is 7.60 Å². The molecular weight excluding hydrogens is 437 g/mol. The molecular formula is C22H36NO8P. The summed E-state index contributed by atoms with van der Waals surface area (Å²) in [4.78, 5) is 32.8. The molecule has 0 aromatic heterocycles. The summed E-state index contributed by atoms with van der Waals surface area (Å²) in [6.45, 7) is 8.06. The fourth-order valence-electron chi connectivity index (χ4n) is 2.93. The van der Waals surface area contributed by atoms with Crippen LogP contribution in [0.2, 0.25) is 0 Å². The maximum absolute atomic E-state index is 11.9. The first-order chi connectivity index (χ1) is 15.1. The van der Waals surface area contributed by atoms with Crippen LogP contribution in [0.3, 0.4) is 0 Å². The van der Waals surface area contributed by atoms with Crippen molar-refractivity contribution in [3.05, 3.63) is 28.8 Å². The molecule has 0 bridgehead atoms. The van der Waals surface area contributed by atoms with Crippen LogP contribution in [0.15, 0.2) is 12.1 Å². The van der Waals surface area contributed by atoms with Crippen molar-refractivity contribution in [2.45, 2.75) is 59.5 Å². The van der Waals surface area contributed by atoms with E-state index < -0.39 is 19.7 Å². The number of rotatable bonds is 15. The molecule has 0 radical (unpaired) electrons. The third kappa shape index (κ3) is 12.8. The number of esters is 1. The standard InChI is InChI=1S/C22H36NO8P/c1-5-11-28-16-20(24)31-21-17(2)13-19(14-18(21)3)15-29-22(25)23-10-8-6-7-9-12-30-32(4,26)27/h13-14H,5-12,15-16H2,1-4H3,(H,23,25)(H,26,27). The van der Waals surface area contributed by atoms with Crippen LogP contribution in [0, 0.1) is 13.8 Å². The summed E-state index contributed by atoms with van der Waals surface area (Å²) in [5.41, 5.74) is 2.35. The van der Waals surface area contributed by atoms with Crippen molar-refractivity contribution < 1.29 is 37.8 Å². The smallest absolute Gasteiger partial charge is 0.407 e. The van der Waals surface area contributed by atoms with Crippen molar-refractivity contribution in [3.63, 3.8) is 0 Å². The van der Waals surface area contributed by atoms with Gasteiger partial charge in [0.25, 0.3) is 0 Å². The van der Waals surface area contributed by atoms with E-state index in [0.717, 1.165) is 42.4 Å². The molecule has 0 aliphatic rings. The lowest BCUT2D eigenvalue weighted by atomic mass is 10.1. The minimum Gasteiger partial charge on any atom is -0.445 e. The van der Waals surface area contributed by atoms with Crippen molar-refractivity contribution >= 4 is 19.7 Å². The minimum absolute atomic E-state index is 0.0883. The molecule has 2 N–H and O–H groups in total. The summed E-state index contributed by atoms with van der Waals surface area (Å²) in [5.74, 6) is 0.0498. The molecule has 1 rings (SSSR count). The third-order valence-corrected chi connectivity index (χ3v) is 5.01. The predicted octanol–water partition coefficient (Wildman–Crippen LogP) is 4.25. The van der Waals surface area contributed by atoms with Crippen LogP contribution < -0.4 is 10.1 Å². The highest BCUT2D eigenvalue weighted by molar-refractivity contribution is 7.51. The first kappa shape index (κ1) is 28.1. The molecule has 1 atom stereocenters. The van der Waals surface area contributed by atoms with E-state index in [1.54, 1.807) is 0 Å². The van der Waals surface area contributed by atoms with E-state index in [0.29, 0.717) is 25.3 Å². The Labute approximate surface area is 190 Å². The third-order valence-electron chi connectivity index (χ3n) is 4.35. The van der Waals surface area contributed by atoms with Crippen molar-refractivity contribution in [2.24, 2.45) is 0 Å². The molecule has 0 spiro atoms. The Kier molecular flexibility index (Phi) is 13.2. The number of carbonyl (C=O) groups is 2. The molecule has 32 heavy (non-hydrogen) atoms. The molecule has 0 heterocycles. The van der Waals surface area contributed by atoms with Gasteiger partial charge < -0.3 is 28.9 Å². The van der Waals surface area contributed by atoms with Gasteiger partial charge >= 0.3 is 19.7 Å². The van der Waals surface area contributed by atoms with Crippen LogP contribution in [0.4, 0.5) is 4.79 Å². The second-order valence-electron chi connectivity index (χ2n) is 7.64. The molecule has 182 valence electrons. The molecule has 0 saturated heterocycles. The molecule has 1 unspecified atom stereocenters. The quantitative estimate of drug-likeness (QED) is 0.168. The molecule has 0 aliphatic carbocycles. The van der Waals surface area contributed by atoms with E-state index in [9.17, 15) is 14.2 Å². The highest BCUT2D eigenvalue weighted by atomic mass is 31.2. The van der Waals surface area contributed by atoms with Gasteiger partial charge in [-0.2, -0.15) is 0 Å². The van der Waals surface area contributed by atoms with E-state index in [4.69, 9.17) is 23.6 Å². The van der Waals surface area contributed by atoms with Gasteiger partial charge in [0.05, 0.1) is 6.61 Å². The van der Waals surface area contributed by atoms with Crippen molar-refractivity contribution in [3.8, 4) is 5.75 Å². The summed E-state index contributed by atoms with van der Waals surface area (Å²) in [7, 11) is -3.40. The maximum Gasteiger partial charge on any atom is 0.407 e. The topological polar surface area (TPSA) is 120 Å². The fourth-order valence-corrected chi connectivity index (χ4v) is 3.40. The minimum atomic E-state index is -3.40. The number of benzene rings is 1. The van der Waals surface area contributed by atoms with Gasteiger partial charge in [0.2, 0.25) is 0 Å². The van der Waals surface area contributed by atoms with E-state index >= 15 is 0 Å². The zero-order valence-electron chi connectivity index (χ0n) is 19.5. The Morgan fingerprint density at radius 1 is 1.06 bits per heavy atom. The Hall–Kier alpha value is -1.93. The summed E-state index contributed by atoms with van der Waals surface area (Å²) < 4.78 is 31.6. The number of hydrogen-bond acceptors (Lipinski definition) is 7. The largest absolute Gasteiger partial charge is 0.445 e. The van der Waals surface area contributed by atoms with Gasteiger partial charge in [-0.1, -0.05) is 19.8 Å². The van der Waals surface area contributed by atoms with Crippen LogP contribution in [0.5, 0.6) is 5.75 Å². The second kappa shape index (κ2) is 15.0. The lowest BCUT2D eigenvalue weighted by molar-refractivity contribution is -0.139. The average molecular weight is 474 g/mol. The van der Waals surface area contributed by atoms with Gasteiger partial charge in [0, 0.05) is 19.8 Å². The summed E-state index contributed by atoms with van der Waals surface area (Å²) in [6, 6.07) is 3.64. The number of amides is 1. The molecule has 1 aromatic rings. The summed E-state index contributed by atoms with van der Waals surface area (Å²) in [5, 5.41) is 2.70. The average Bonchev–Trinajstić information content (AvgIpc) is 2.70. The van der Waals surface area contributed by atoms with Gasteiger partial charge in [-0.25, -0.2) is 9.59 Å². The van der Waals surface area contributed by atoms with Crippen LogP contribution in [0.1, 0.15) is 55.7 Å². The van der Waals surface area contributed by atoms with Crippen LogP contribution in [-0.2, 0) is 30.0 Å². The second-order valence-corrected chi connectivity index (χ2v) is 9.50. The monoisotopic (exact) mass is 473 g/mol. The molecule has 1 amide bonds. The SMILES string of the molecule is CCCOCC(=O)Oc1c(C)cc(COC(=O)NCCCCCCOP(C)(=O)O)cc1C. The molecule has 0 saturated carbocycles. The zero-order chi connectivity index (χ0) is 24.0. The molecule has 9 nitrogen and oxygen atoms in total. The highest BCUT2D eigenvalue weighted by Gasteiger charge is 2.13. The highest BCUT2D eigenvalue weighted by Crippen LogP contribution is 2.36. The maximum atomic E-state index is 11.9. The van der Waals surface area contributed by atoms with Crippen molar-refractivity contribution in [2.75, 3.05) is 33.0 Å². The molecule has 10 heteroatoms. The number of nitrogens with one attached hydrogen (secondary N) is 1. The Balaban J connectivity index is 2.29. The van der Waals surface area contributed by atoms with Crippen molar-refractivity contribution in [1.82, 2.24) is 5.32 Å².